The third-order valence-corrected chi connectivity index (χ3v) is 1.30. The molecule has 0 spiro atoms. The number of nitrogens with two attached hydrogens (primary N) is 1. The van der Waals surface area contributed by atoms with Crippen LogP contribution < -0.4 is 11.1 Å². The molecule has 0 aliphatic heterocycles. The normalized spacial score (nSPS) is 12.9. The summed E-state index contributed by atoms with van der Waals surface area (Å²) in [6, 6.07) is 0. The van der Waals surface area contributed by atoms with Crippen molar-refractivity contribution in [3.05, 3.63) is 0 Å². The van der Waals surface area contributed by atoms with Crippen LogP contribution in [0.3, 0.4) is 0 Å². The van der Waals surface area contributed by atoms with Gasteiger partial charge in [0.15, 0.2) is 0 Å². The second kappa shape index (κ2) is 6.12. The fourth-order valence-corrected chi connectivity index (χ4v) is 0.567. The van der Waals surface area contributed by atoms with E-state index in [9.17, 15) is 4.79 Å². The molecule has 0 aromatic heterocycles. The number of rotatable bonds is 6. The highest BCUT2D eigenvalue weighted by atomic mass is 16.5. The van der Waals surface area contributed by atoms with Crippen LogP contribution in [0.2, 0.25) is 0 Å². The summed E-state index contributed by atoms with van der Waals surface area (Å²) >= 11 is 0. The van der Waals surface area contributed by atoms with Crippen LogP contribution in [0.25, 0.3) is 0 Å². The van der Waals surface area contributed by atoms with E-state index in [4.69, 9.17) is 10.5 Å². The summed E-state index contributed by atoms with van der Waals surface area (Å²) < 4.78 is 5.07. The first-order valence-corrected chi connectivity index (χ1v) is 3.80. The minimum absolute atomic E-state index is 0.415. The van der Waals surface area contributed by atoms with Gasteiger partial charge < -0.3 is 15.8 Å². The highest BCUT2D eigenvalue weighted by Gasteiger charge is 2.06. The molecule has 66 valence electrons. The molecular formula is C7H16N2O2. The summed E-state index contributed by atoms with van der Waals surface area (Å²) in [5, 5.41) is 3.07. The Morgan fingerprint density at radius 3 is 2.82 bits per heavy atom. The first-order chi connectivity index (χ1) is 5.18. The van der Waals surface area contributed by atoms with Crippen LogP contribution in [0.4, 0.5) is 0 Å². The lowest BCUT2D eigenvalue weighted by atomic mass is 10.4. The van der Waals surface area contributed by atoms with E-state index in [2.05, 4.69) is 5.32 Å². The van der Waals surface area contributed by atoms with Gasteiger partial charge in [0.1, 0.15) is 6.10 Å². The van der Waals surface area contributed by atoms with Gasteiger partial charge in [-0.2, -0.15) is 0 Å². The zero-order valence-electron chi connectivity index (χ0n) is 7.09. The lowest BCUT2D eigenvalue weighted by Crippen LogP contribution is -2.31. The molecule has 4 heteroatoms. The summed E-state index contributed by atoms with van der Waals surface area (Å²) in [4.78, 5) is 10.4. The van der Waals surface area contributed by atoms with Gasteiger partial charge in [-0.15, -0.1) is 0 Å². The topological polar surface area (TPSA) is 64.3 Å². The number of ether oxygens (including phenoxy) is 1. The molecule has 0 bridgehead atoms. The molecular weight excluding hydrogens is 144 g/mol. The number of carbonyl (C=O) groups is 1. The molecule has 0 aromatic rings. The zero-order valence-corrected chi connectivity index (χ0v) is 7.09. The van der Waals surface area contributed by atoms with Crippen LogP contribution in [0.15, 0.2) is 0 Å². The Morgan fingerprint density at radius 1 is 1.73 bits per heavy atom. The Hall–Kier alpha value is -0.610. The molecule has 0 rings (SSSR count). The van der Waals surface area contributed by atoms with Crippen LogP contribution >= 0.6 is 0 Å². The highest BCUT2D eigenvalue weighted by molar-refractivity contribution is 5.78. The standard InChI is InChI=1S/C7H16N2O2/c1-3-9-4-5-11-6(2)7(8)10/h6,9H,3-5H2,1-2H3,(H2,8,10). The second-order valence-electron chi connectivity index (χ2n) is 2.27. The number of hydrogen-bond acceptors (Lipinski definition) is 3. The maximum atomic E-state index is 10.4. The molecule has 0 aliphatic carbocycles. The van der Waals surface area contributed by atoms with Crippen LogP contribution in [-0.2, 0) is 9.53 Å². The van der Waals surface area contributed by atoms with Gasteiger partial charge in [-0.25, -0.2) is 0 Å². The van der Waals surface area contributed by atoms with Crippen LogP contribution in [0.5, 0.6) is 0 Å². The van der Waals surface area contributed by atoms with E-state index in [1.165, 1.54) is 0 Å². The molecule has 0 saturated heterocycles. The monoisotopic (exact) mass is 160 g/mol. The average Bonchev–Trinajstić information content (AvgIpc) is 1.97. The van der Waals surface area contributed by atoms with Crippen molar-refractivity contribution in [2.24, 2.45) is 5.73 Å². The quantitative estimate of drug-likeness (QED) is 0.514. The Balaban J connectivity index is 3.17. The molecule has 11 heavy (non-hydrogen) atoms. The van der Waals surface area contributed by atoms with Gasteiger partial charge in [-0.05, 0) is 13.5 Å². The van der Waals surface area contributed by atoms with Crippen molar-refractivity contribution < 1.29 is 9.53 Å². The SMILES string of the molecule is CCNCCOC(C)C(N)=O. The highest BCUT2D eigenvalue weighted by Crippen LogP contribution is 1.86. The van der Waals surface area contributed by atoms with Gasteiger partial charge >= 0.3 is 0 Å². The number of primary amides is 1. The Kier molecular flexibility index (Phi) is 5.78. The summed E-state index contributed by atoms with van der Waals surface area (Å²) in [7, 11) is 0. The average molecular weight is 160 g/mol. The van der Waals surface area contributed by atoms with E-state index < -0.39 is 12.0 Å². The fourth-order valence-electron chi connectivity index (χ4n) is 0.567. The molecule has 0 saturated carbocycles. The molecule has 0 radical (unpaired) electrons. The minimum Gasteiger partial charge on any atom is -0.367 e. The Bertz CT molecular complexity index is 117. The van der Waals surface area contributed by atoms with Gasteiger partial charge in [0, 0.05) is 6.54 Å². The molecule has 0 heterocycles. The number of amides is 1. The summed E-state index contributed by atoms with van der Waals surface area (Å²) in [6.45, 7) is 5.85. The van der Waals surface area contributed by atoms with Crippen molar-refractivity contribution in [3.63, 3.8) is 0 Å². The van der Waals surface area contributed by atoms with E-state index in [1.54, 1.807) is 6.92 Å². The molecule has 0 aromatic carbocycles. The van der Waals surface area contributed by atoms with Crippen molar-refractivity contribution in [1.82, 2.24) is 5.32 Å². The number of nitrogens with one attached hydrogen (secondary N) is 1. The van der Waals surface area contributed by atoms with Crippen molar-refractivity contribution in [2.75, 3.05) is 19.7 Å². The maximum Gasteiger partial charge on any atom is 0.246 e. The van der Waals surface area contributed by atoms with Crippen molar-refractivity contribution >= 4 is 5.91 Å². The number of likely N-dealkylation sites (N-methyl/N-ethyl adjacent to an activating group) is 1. The van der Waals surface area contributed by atoms with Crippen molar-refractivity contribution in [3.8, 4) is 0 Å². The van der Waals surface area contributed by atoms with Crippen molar-refractivity contribution in [2.45, 2.75) is 20.0 Å². The second-order valence-corrected chi connectivity index (χ2v) is 2.27. The maximum absolute atomic E-state index is 10.4. The number of hydrogen-bond donors (Lipinski definition) is 2. The lowest BCUT2D eigenvalue weighted by molar-refractivity contribution is -0.128. The van der Waals surface area contributed by atoms with E-state index >= 15 is 0 Å². The van der Waals surface area contributed by atoms with Crippen LogP contribution in [0, 0.1) is 0 Å². The van der Waals surface area contributed by atoms with Gasteiger partial charge in [-0.1, -0.05) is 6.92 Å². The Morgan fingerprint density at radius 2 is 2.36 bits per heavy atom. The van der Waals surface area contributed by atoms with Crippen LogP contribution in [-0.4, -0.2) is 31.7 Å². The summed E-state index contributed by atoms with van der Waals surface area (Å²) in [5.74, 6) is -0.415. The summed E-state index contributed by atoms with van der Waals surface area (Å²) in [5.41, 5.74) is 4.97. The van der Waals surface area contributed by atoms with E-state index in [0.29, 0.717) is 6.61 Å². The fraction of sp³-hybridized carbons (Fsp3) is 0.857. The van der Waals surface area contributed by atoms with Gasteiger partial charge in [0.25, 0.3) is 0 Å². The number of carbonyl (C=O) groups excluding carboxylic acids is 1. The largest absolute Gasteiger partial charge is 0.367 e. The van der Waals surface area contributed by atoms with E-state index in [1.807, 2.05) is 6.92 Å². The minimum atomic E-state index is -0.478. The third-order valence-electron chi connectivity index (χ3n) is 1.30. The van der Waals surface area contributed by atoms with Gasteiger partial charge in [0.05, 0.1) is 6.61 Å². The van der Waals surface area contributed by atoms with Crippen LogP contribution in [0.1, 0.15) is 13.8 Å². The lowest BCUT2D eigenvalue weighted by Gasteiger charge is -2.08. The molecule has 1 amide bonds. The molecule has 3 N–H and O–H groups in total. The predicted molar refractivity (Wildman–Crippen MR) is 43.2 cm³/mol. The van der Waals surface area contributed by atoms with E-state index in [0.717, 1.165) is 13.1 Å². The molecule has 4 nitrogen and oxygen atoms in total. The third kappa shape index (κ3) is 5.82. The molecule has 0 fully saturated rings. The molecule has 1 unspecified atom stereocenters. The van der Waals surface area contributed by atoms with Gasteiger partial charge in [-0.3, -0.25) is 4.79 Å². The summed E-state index contributed by atoms with van der Waals surface area (Å²) in [6.07, 6.45) is -0.478. The molecule has 0 aliphatic rings. The molecule has 1 atom stereocenters. The van der Waals surface area contributed by atoms with Crippen molar-refractivity contribution in [1.29, 1.82) is 0 Å². The van der Waals surface area contributed by atoms with E-state index in [-0.39, 0.29) is 0 Å². The zero-order chi connectivity index (χ0) is 8.69. The Labute approximate surface area is 67.1 Å². The van der Waals surface area contributed by atoms with Gasteiger partial charge in [0.2, 0.25) is 5.91 Å². The smallest absolute Gasteiger partial charge is 0.246 e. The first-order valence-electron chi connectivity index (χ1n) is 3.80. The predicted octanol–water partition coefficient (Wildman–Crippen LogP) is -0.514. The first kappa shape index (κ1) is 10.4.